The molecule has 0 radical (unpaired) electrons. The number of rotatable bonds is 2. The van der Waals surface area contributed by atoms with Crippen molar-refractivity contribution in [2.75, 3.05) is 5.73 Å². The molecule has 0 fully saturated rings. The van der Waals surface area contributed by atoms with Crippen molar-refractivity contribution in [2.45, 2.75) is 13.1 Å². The number of anilines is 1. The summed E-state index contributed by atoms with van der Waals surface area (Å²) >= 11 is 5.75. The summed E-state index contributed by atoms with van der Waals surface area (Å²) in [5.74, 6) is 0.163. The first-order chi connectivity index (χ1) is 9.27. The minimum Gasteiger partial charge on any atom is -0.435 e. The lowest BCUT2D eigenvalue weighted by molar-refractivity contribution is -0.137. The molecular weight excluding hydrogens is 293 g/mol. The molecule has 0 atom stereocenters. The fourth-order valence-electron chi connectivity index (χ4n) is 1.49. The fraction of sp³-hybridized carbons (Fsp3) is 0.154. The highest BCUT2D eigenvalue weighted by atomic mass is 35.5. The normalized spacial score (nSPS) is 11.4. The maximum atomic E-state index is 12.5. The molecule has 0 aliphatic heterocycles. The Morgan fingerprint density at radius 2 is 1.95 bits per heavy atom. The van der Waals surface area contributed by atoms with Crippen molar-refractivity contribution in [3.63, 3.8) is 0 Å². The van der Waals surface area contributed by atoms with E-state index in [1.807, 2.05) is 6.92 Å². The molecular formula is C13H10ClF3N2O. The van der Waals surface area contributed by atoms with Gasteiger partial charge in [-0.1, -0.05) is 17.7 Å². The molecule has 0 aliphatic carbocycles. The summed E-state index contributed by atoms with van der Waals surface area (Å²) in [6.45, 7) is 1.83. The SMILES string of the molecule is Cc1ccc(N)c(Oc2ncc(C(F)(F)F)cc2Cl)c1. The molecule has 106 valence electrons. The number of pyridine rings is 1. The molecule has 7 heteroatoms. The number of aryl methyl sites for hydroxylation is 1. The van der Waals surface area contributed by atoms with E-state index in [0.717, 1.165) is 11.6 Å². The summed E-state index contributed by atoms with van der Waals surface area (Å²) in [5.41, 5.74) is 6.00. The molecule has 0 aliphatic rings. The van der Waals surface area contributed by atoms with E-state index in [-0.39, 0.29) is 10.9 Å². The van der Waals surface area contributed by atoms with Gasteiger partial charge >= 0.3 is 6.18 Å². The van der Waals surface area contributed by atoms with Gasteiger partial charge in [0, 0.05) is 6.20 Å². The average molecular weight is 303 g/mol. The molecule has 1 aromatic heterocycles. The third-order valence-electron chi connectivity index (χ3n) is 2.51. The molecule has 0 spiro atoms. The number of nitrogens with zero attached hydrogens (tertiary/aromatic N) is 1. The van der Waals surface area contributed by atoms with Gasteiger partial charge in [-0.05, 0) is 30.7 Å². The maximum absolute atomic E-state index is 12.5. The van der Waals surface area contributed by atoms with Gasteiger partial charge in [0.15, 0.2) is 5.75 Å². The van der Waals surface area contributed by atoms with Gasteiger partial charge in [0.25, 0.3) is 0 Å². The Hall–Kier alpha value is -1.95. The van der Waals surface area contributed by atoms with Crippen LogP contribution in [0.4, 0.5) is 18.9 Å². The van der Waals surface area contributed by atoms with E-state index in [9.17, 15) is 13.2 Å². The molecule has 20 heavy (non-hydrogen) atoms. The lowest BCUT2D eigenvalue weighted by Crippen LogP contribution is -2.06. The maximum Gasteiger partial charge on any atom is 0.417 e. The number of alkyl halides is 3. The van der Waals surface area contributed by atoms with Crippen molar-refractivity contribution in [1.29, 1.82) is 0 Å². The van der Waals surface area contributed by atoms with Crippen molar-refractivity contribution in [1.82, 2.24) is 4.98 Å². The van der Waals surface area contributed by atoms with E-state index in [4.69, 9.17) is 22.1 Å². The van der Waals surface area contributed by atoms with E-state index in [1.165, 1.54) is 0 Å². The largest absolute Gasteiger partial charge is 0.435 e. The molecule has 2 N–H and O–H groups in total. The number of hydrogen-bond acceptors (Lipinski definition) is 3. The molecule has 0 amide bonds. The van der Waals surface area contributed by atoms with Crippen molar-refractivity contribution in [2.24, 2.45) is 0 Å². The van der Waals surface area contributed by atoms with Crippen molar-refractivity contribution in [3.8, 4) is 11.6 Å². The van der Waals surface area contributed by atoms with Crippen LogP contribution < -0.4 is 10.5 Å². The van der Waals surface area contributed by atoms with E-state index < -0.39 is 11.7 Å². The Morgan fingerprint density at radius 3 is 2.55 bits per heavy atom. The second-order valence-corrected chi connectivity index (χ2v) is 4.56. The third-order valence-corrected chi connectivity index (χ3v) is 2.78. The van der Waals surface area contributed by atoms with Gasteiger partial charge in [-0.2, -0.15) is 13.2 Å². The smallest absolute Gasteiger partial charge is 0.417 e. The molecule has 3 nitrogen and oxygen atoms in total. The Balaban J connectivity index is 2.33. The molecule has 0 saturated carbocycles. The first-order valence-corrected chi connectivity index (χ1v) is 5.92. The van der Waals surface area contributed by atoms with Crippen LogP contribution in [-0.2, 0) is 6.18 Å². The van der Waals surface area contributed by atoms with Gasteiger partial charge in [-0.25, -0.2) is 4.98 Å². The molecule has 0 bridgehead atoms. The first kappa shape index (κ1) is 14.5. The van der Waals surface area contributed by atoms with Crippen molar-refractivity contribution in [3.05, 3.63) is 46.6 Å². The fourth-order valence-corrected chi connectivity index (χ4v) is 1.69. The van der Waals surface area contributed by atoms with E-state index in [1.54, 1.807) is 18.2 Å². The topological polar surface area (TPSA) is 48.1 Å². The summed E-state index contributed by atoms with van der Waals surface area (Å²) in [7, 11) is 0. The van der Waals surface area contributed by atoms with Crippen LogP contribution in [0.5, 0.6) is 11.6 Å². The lowest BCUT2D eigenvalue weighted by Gasteiger charge is -2.11. The highest BCUT2D eigenvalue weighted by Gasteiger charge is 2.31. The Morgan fingerprint density at radius 1 is 1.25 bits per heavy atom. The predicted octanol–water partition coefficient (Wildman–Crippen LogP) is 4.44. The van der Waals surface area contributed by atoms with Crippen LogP contribution in [0.2, 0.25) is 5.02 Å². The standard InChI is InChI=1S/C13H10ClF3N2O/c1-7-2-3-10(18)11(4-7)20-12-9(14)5-8(6-19-12)13(15,16)17/h2-6H,18H2,1H3. The first-order valence-electron chi connectivity index (χ1n) is 5.54. The second-order valence-electron chi connectivity index (χ2n) is 4.15. The van der Waals surface area contributed by atoms with Gasteiger partial charge in [0.05, 0.1) is 11.3 Å². The van der Waals surface area contributed by atoms with Gasteiger partial charge in [-0.15, -0.1) is 0 Å². The summed E-state index contributed by atoms with van der Waals surface area (Å²) in [5, 5.41) is -0.235. The summed E-state index contributed by atoms with van der Waals surface area (Å²) in [6.07, 6.45) is -3.84. The number of halogens is 4. The quantitative estimate of drug-likeness (QED) is 0.834. The van der Waals surface area contributed by atoms with Crippen LogP contribution >= 0.6 is 11.6 Å². The molecule has 2 aromatic rings. The van der Waals surface area contributed by atoms with Crippen LogP contribution in [0.15, 0.2) is 30.5 Å². The van der Waals surface area contributed by atoms with E-state index in [2.05, 4.69) is 4.98 Å². The molecule has 0 unspecified atom stereocenters. The van der Waals surface area contributed by atoms with Gasteiger partial charge in [-0.3, -0.25) is 0 Å². The van der Waals surface area contributed by atoms with Crippen LogP contribution in [0.3, 0.4) is 0 Å². The third kappa shape index (κ3) is 3.14. The number of hydrogen-bond donors (Lipinski definition) is 1. The van der Waals surface area contributed by atoms with Gasteiger partial charge in [0.1, 0.15) is 5.02 Å². The van der Waals surface area contributed by atoms with Crippen LogP contribution in [-0.4, -0.2) is 4.98 Å². The Kier molecular flexibility index (Phi) is 3.76. The minimum absolute atomic E-state index is 0.128. The number of nitrogens with two attached hydrogens (primary N) is 1. The zero-order chi connectivity index (χ0) is 14.9. The van der Waals surface area contributed by atoms with E-state index in [0.29, 0.717) is 17.6 Å². The van der Waals surface area contributed by atoms with E-state index >= 15 is 0 Å². The van der Waals surface area contributed by atoms with Crippen LogP contribution in [0.1, 0.15) is 11.1 Å². The molecule has 0 saturated heterocycles. The van der Waals surface area contributed by atoms with Gasteiger partial charge in [0.2, 0.25) is 5.88 Å². The number of ether oxygens (including phenoxy) is 1. The molecule has 2 rings (SSSR count). The van der Waals surface area contributed by atoms with Crippen molar-refractivity contribution >= 4 is 17.3 Å². The lowest BCUT2D eigenvalue weighted by atomic mass is 10.2. The zero-order valence-electron chi connectivity index (χ0n) is 10.3. The zero-order valence-corrected chi connectivity index (χ0v) is 11.1. The number of nitrogen functional groups attached to an aromatic ring is 1. The van der Waals surface area contributed by atoms with Crippen LogP contribution in [0.25, 0.3) is 0 Å². The van der Waals surface area contributed by atoms with Gasteiger partial charge < -0.3 is 10.5 Å². The summed E-state index contributed by atoms with van der Waals surface area (Å²) in [6, 6.07) is 5.81. The summed E-state index contributed by atoms with van der Waals surface area (Å²) < 4.78 is 42.8. The minimum atomic E-state index is -4.50. The average Bonchev–Trinajstić information content (AvgIpc) is 2.35. The molecule has 1 heterocycles. The monoisotopic (exact) mass is 302 g/mol. The Labute approximate surface area is 118 Å². The predicted molar refractivity (Wildman–Crippen MR) is 69.9 cm³/mol. The Bertz CT molecular complexity index is 644. The van der Waals surface area contributed by atoms with Crippen molar-refractivity contribution < 1.29 is 17.9 Å². The molecule has 1 aromatic carbocycles. The number of benzene rings is 1. The highest BCUT2D eigenvalue weighted by Crippen LogP contribution is 2.35. The highest BCUT2D eigenvalue weighted by molar-refractivity contribution is 6.31. The summed E-state index contributed by atoms with van der Waals surface area (Å²) in [4.78, 5) is 3.58. The van der Waals surface area contributed by atoms with Crippen LogP contribution in [0, 0.1) is 6.92 Å². The second kappa shape index (κ2) is 5.20. The number of aromatic nitrogens is 1.